The second kappa shape index (κ2) is 8.71. The first-order valence-electron chi connectivity index (χ1n) is 11.6. The molecule has 3 aromatic rings. The molecule has 1 aliphatic carbocycles. The Labute approximate surface area is 199 Å². The maximum Gasteiger partial charge on any atom is 0.247 e. The summed E-state index contributed by atoms with van der Waals surface area (Å²) < 4.78 is 2.14. The number of hydrogen-bond acceptors (Lipinski definition) is 2. The van der Waals surface area contributed by atoms with Gasteiger partial charge in [-0.15, -0.1) is 0 Å². The Morgan fingerprint density at radius 3 is 2.36 bits per heavy atom. The molecule has 1 aromatic heterocycles. The van der Waals surface area contributed by atoms with Gasteiger partial charge in [0, 0.05) is 23.7 Å². The number of amides is 2. The van der Waals surface area contributed by atoms with Gasteiger partial charge in [-0.1, -0.05) is 49.7 Å². The SMILES string of the molecule is CC(C)CC(=O)N(CC(=O)N1c2ccccc2-n2cccc2C1c1ccc(Cl)cc1)C1CC1. The topological polar surface area (TPSA) is 45.6 Å². The molecule has 0 N–H and O–H groups in total. The molecular weight excluding hydrogens is 434 g/mol. The molecule has 5 nitrogen and oxygen atoms in total. The zero-order valence-electron chi connectivity index (χ0n) is 18.9. The van der Waals surface area contributed by atoms with E-state index in [0.717, 1.165) is 35.5 Å². The van der Waals surface area contributed by atoms with Crippen molar-refractivity contribution in [2.24, 2.45) is 5.92 Å². The summed E-state index contributed by atoms with van der Waals surface area (Å²) in [5.74, 6) is 0.256. The number of rotatable bonds is 6. The smallest absolute Gasteiger partial charge is 0.247 e. The fourth-order valence-corrected chi connectivity index (χ4v) is 4.84. The van der Waals surface area contributed by atoms with Crippen molar-refractivity contribution in [2.75, 3.05) is 11.4 Å². The molecule has 1 fully saturated rings. The van der Waals surface area contributed by atoms with Crippen molar-refractivity contribution in [3.63, 3.8) is 0 Å². The Morgan fingerprint density at radius 2 is 1.70 bits per heavy atom. The summed E-state index contributed by atoms with van der Waals surface area (Å²) in [6, 6.07) is 19.5. The van der Waals surface area contributed by atoms with Crippen molar-refractivity contribution in [1.82, 2.24) is 9.47 Å². The van der Waals surface area contributed by atoms with Crippen molar-refractivity contribution in [3.8, 4) is 5.69 Å². The summed E-state index contributed by atoms with van der Waals surface area (Å²) in [5, 5.41) is 0.655. The molecule has 1 aliphatic heterocycles. The van der Waals surface area contributed by atoms with Crippen molar-refractivity contribution in [3.05, 3.63) is 83.1 Å². The Bertz CT molecular complexity index is 1180. The van der Waals surface area contributed by atoms with Crippen LogP contribution < -0.4 is 4.90 Å². The number of carbonyl (C=O) groups excluding carboxylic acids is 2. The number of nitrogens with zero attached hydrogens (tertiary/aromatic N) is 3. The van der Waals surface area contributed by atoms with Crippen LogP contribution in [-0.4, -0.2) is 33.9 Å². The summed E-state index contributed by atoms with van der Waals surface area (Å²) in [7, 11) is 0. The first-order valence-corrected chi connectivity index (χ1v) is 12.0. The number of hydrogen-bond donors (Lipinski definition) is 0. The fraction of sp³-hybridized carbons (Fsp3) is 0.333. The third-order valence-corrected chi connectivity index (χ3v) is 6.62. The Morgan fingerprint density at radius 1 is 1.00 bits per heavy atom. The average Bonchev–Trinajstić information content (AvgIpc) is 3.51. The van der Waals surface area contributed by atoms with E-state index in [2.05, 4.69) is 10.6 Å². The van der Waals surface area contributed by atoms with Crippen LogP contribution in [0.2, 0.25) is 5.02 Å². The van der Waals surface area contributed by atoms with E-state index in [1.807, 2.05) is 79.5 Å². The van der Waals surface area contributed by atoms with Crippen LogP contribution in [0.4, 0.5) is 5.69 Å². The minimum Gasteiger partial charge on any atom is -0.330 e. The highest BCUT2D eigenvalue weighted by Gasteiger charge is 2.39. The van der Waals surface area contributed by atoms with Gasteiger partial charge in [0.25, 0.3) is 0 Å². The van der Waals surface area contributed by atoms with Crippen molar-refractivity contribution in [2.45, 2.75) is 45.2 Å². The van der Waals surface area contributed by atoms with Crippen LogP contribution in [-0.2, 0) is 9.59 Å². The lowest BCUT2D eigenvalue weighted by Gasteiger charge is -2.39. The van der Waals surface area contributed by atoms with Crippen LogP contribution in [0.15, 0.2) is 66.9 Å². The molecular formula is C27H28ClN3O2. The number of para-hydroxylation sites is 2. The van der Waals surface area contributed by atoms with Gasteiger partial charge in [0.15, 0.2) is 0 Å². The lowest BCUT2D eigenvalue weighted by atomic mass is 9.97. The fourth-order valence-electron chi connectivity index (χ4n) is 4.72. The monoisotopic (exact) mass is 461 g/mol. The van der Waals surface area contributed by atoms with Crippen LogP contribution in [0.25, 0.3) is 5.69 Å². The van der Waals surface area contributed by atoms with Crippen LogP contribution >= 0.6 is 11.6 Å². The lowest BCUT2D eigenvalue weighted by molar-refractivity contribution is -0.136. The van der Waals surface area contributed by atoms with E-state index in [9.17, 15) is 9.59 Å². The van der Waals surface area contributed by atoms with Crippen molar-refractivity contribution >= 4 is 29.1 Å². The standard InChI is InChI=1S/C27H28ClN3O2/c1-18(2)16-25(32)30(21-13-14-21)17-26(33)31-23-7-4-3-6-22(23)29-15-5-8-24(29)27(31)19-9-11-20(28)12-10-19/h3-12,15,18,21,27H,13-14,16-17H2,1-2H3. The molecule has 2 aliphatic rings. The van der Waals surface area contributed by atoms with E-state index < -0.39 is 0 Å². The zero-order chi connectivity index (χ0) is 23.1. The van der Waals surface area contributed by atoms with Crippen LogP contribution in [0, 0.1) is 5.92 Å². The van der Waals surface area contributed by atoms with Gasteiger partial charge in [0.2, 0.25) is 11.8 Å². The second-order valence-corrected chi connectivity index (χ2v) is 9.80. The molecule has 0 saturated heterocycles. The average molecular weight is 462 g/mol. The summed E-state index contributed by atoms with van der Waals surface area (Å²) in [6.07, 6.45) is 4.43. The van der Waals surface area contributed by atoms with Crippen LogP contribution in [0.3, 0.4) is 0 Å². The molecule has 5 rings (SSSR count). The van der Waals surface area contributed by atoms with Gasteiger partial charge in [-0.3, -0.25) is 14.5 Å². The predicted molar refractivity (Wildman–Crippen MR) is 131 cm³/mol. The predicted octanol–water partition coefficient (Wildman–Crippen LogP) is 5.60. The quantitative estimate of drug-likeness (QED) is 0.479. The van der Waals surface area contributed by atoms with E-state index in [1.54, 1.807) is 4.90 Å². The Kier molecular flexibility index (Phi) is 5.75. The van der Waals surface area contributed by atoms with Gasteiger partial charge < -0.3 is 9.47 Å². The molecule has 170 valence electrons. The van der Waals surface area contributed by atoms with Crippen molar-refractivity contribution < 1.29 is 9.59 Å². The second-order valence-electron chi connectivity index (χ2n) is 9.36. The van der Waals surface area contributed by atoms with Gasteiger partial charge in [-0.05, 0) is 60.7 Å². The van der Waals surface area contributed by atoms with E-state index in [-0.39, 0.29) is 36.4 Å². The molecule has 1 atom stereocenters. The van der Waals surface area contributed by atoms with E-state index in [0.29, 0.717) is 11.4 Å². The molecule has 0 spiro atoms. The number of anilines is 1. The Balaban J connectivity index is 1.56. The number of carbonyl (C=O) groups is 2. The summed E-state index contributed by atoms with van der Waals surface area (Å²) in [5.41, 5.74) is 3.80. The first-order chi connectivity index (χ1) is 15.9. The minimum atomic E-state index is -0.305. The maximum absolute atomic E-state index is 14.0. The molecule has 2 aromatic carbocycles. The molecule has 2 amide bonds. The van der Waals surface area contributed by atoms with Crippen LogP contribution in [0.1, 0.15) is 50.4 Å². The third-order valence-electron chi connectivity index (χ3n) is 6.37. The molecule has 0 radical (unpaired) electrons. The van der Waals surface area contributed by atoms with Gasteiger partial charge in [0.1, 0.15) is 12.6 Å². The van der Waals surface area contributed by atoms with Crippen LogP contribution in [0.5, 0.6) is 0 Å². The molecule has 0 bridgehead atoms. The normalized spacial score (nSPS) is 17.0. The lowest BCUT2D eigenvalue weighted by Crippen LogP contribution is -2.47. The molecule has 1 unspecified atom stereocenters. The van der Waals surface area contributed by atoms with E-state index in [4.69, 9.17) is 11.6 Å². The van der Waals surface area contributed by atoms with Gasteiger partial charge in [-0.25, -0.2) is 0 Å². The Hall–Kier alpha value is -3.05. The first kappa shape index (κ1) is 21.8. The molecule has 33 heavy (non-hydrogen) atoms. The zero-order valence-corrected chi connectivity index (χ0v) is 19.7. The third kappa shape index (κ3) is 4.18. The number of halogens is 1. The molecule has 1 saturated carbocycles. The van der Waals surface area contributed by atoms with E-state index in [1.165, 1.54) is 0 Å². The number of aromatic nitrogens is 1. The highest BCUT2D eigenvalue weighted by atomic mass is 35.5. The minimum absolute atomic E-state index is 0.0672. The van der Waals surface area contributed by atoms with Gasteiger partial charge in [0.05, 0.1) is 17.1 Å². The van der Waals surface area contributed by atoms with E-state index >= 15 is 0 Å². The highest BCUT2D eigenvalue weighted by molar-refractivity contribution is 6.30. The molecule has 6 heteroatoms. The summed E-state index contributed by atoms with van der Waals surface area (Å²) >= 11 is 6.17. The molecule has 2 heterocycles. The summed E-state index contributed by atoms with van der Waals surface area (Å²) in [6.45, 7) is 4.17. The maximum atomic E-state index is 14.0. The number of benzene rings is 2. The van der Waals surface area contributed by atoms with Gasteiger partial charge >= 0.3 is 0 Å². The highest BCUT2D eigenvalue weighted by Crippen LogP contribution is 2.42. The largest absolute Gasteiger partial charge is 0.330 e. The summed E-state index contributed by atoms with van der Waals surface area (Å²) in [4.78, 5) is 30.6. The van der Waals surface area contributed by atoms with Crippen molar-refractivity contribution in [1.29, 1.82) is 0 Å². The van der Waals surface area contributed by atoms with Gasteiger partial charge in [-0.2, -0.15) is 0 Å². The number of fused-ring (bicyclic) bond motifs is 3.